The van der Waals surface area contributed by atoms with Gasteiger partial charge >= 0.3 is 29.6 Å². The molecule has 0 spiro atoms. The summed E-state index contributed by atoms with van der Waals surface area (Å²) >= 11 is 0. The van der Waals surface area contributed by atoms with E-state index in [9.17, 15) is 62.1 Å². The van der Waals surface area contributed by atoms with Gasteiger partial charge in [-0.25, -0.2) is 0 Å². The van der Waals surface area contributed by atoms with Crippen molar-refractivity contribution in [2.45, 2.75) is 19.6 Å². The van der Waals surface area contributed by atoms with Crippen LogP contribution in [0.2, 0.25) is 0 Å². The molecular formula is C34H26N6NaO14S4+. The van der Waals surface area contributed by atoms with Crippen LogP contribution in [0, 0.1) is 0 Å². The van der Waals surface area contributed by atoms with Gasteiger partial charge in [-0.2, -0.15) is 43.9 Å². The van der Waals surface area contributed by atoms with Crippen molar-refractivity contribution in [3.63, 3.8) is 0 Å². The molecule has 2 heterocycles. The van der Waals surface area contributed by atoms with E-state index in [-0.39, 0.29) is 85.0 Å². The molecular weight excluding hydrogens is 868 g/mol. The van der Waals surface area contributed by atoms with Crippen LogP contribution in [0.25, 0.3) is 34.0 Å². The molecule has 300 valence electrons. The van der Waals surface area contributed by atoms with E-state index >= 15 is 0 Å². The number of hydrogen-bond donors (Lipinski definition) is 8. The number of nitrogens with zero attached hydrogens (tertiary/aromatic N) is 4. The number of benzene rings is 4. The number of phenolic OH excluding ortho intramolecular Hbond substituents is 2. The maximum Gasteiger partial charge on any atom is 1.00 e. The Morgan fingerprint density at radius 2 is 0.847 bits per heavy atom. The summed E-state index contributed by atoms with van der Waals surface area (Å²) in [5, 5.41) is 28.9. The first-order valence-corrected chi connectivity index (χ1v) is 21.5. The Balaban J connectivity index is 0.00000661. The van der Waals surface area contributed by atoms with Gasteiger partial charge in [0.2, 0.25) is 0 Å². The fourth-order valence-electron chi connectivity index (χ4n) is 5.52. The third kappa shape index (κ3) is 10.1. The van der Waals surface area contributed by atoms with Gasteiger partial charge in [-0.15, -0.1) is 0 Å². The van der Waals surface area contributed by atoms with Crippen LogP contribution in [0.1, 0.15) is 22.3 Å². The molecule has 6 rings (SSSR count). The van der Waals surface area contributed by atoms with Crippen LogP contribution < -0.4 is 40.4 Å². The van der Waals surface area contributed by atoms with Gasteiger partial charge in [-0.1, -0.05) is 24.3 Å². The standard InChI is InChI=1S/C34H26N6O14S4.Na/c41-33-21(13-29(57(49,50)51)25-3-1-11-35-31(25)33)17-37-39-23-9-7-19(27(15-23)55(43,44)45)5-6-20-8-10-24(16-28(20)56(46,47)48)40-38-18-22-14-30(58(52,53)54)26-4-2-12-36-32(26)34(22)42;/h1-18,39-42H,(H,43,44,45)(H,46,47,48)(H,49,50,51)(H,52,53,54);/q;+1/b6-5+,37-17+,38-18+;. The zero-order valence-corrected chi connectivity index (χ0v) is 35.0. The third-order valence-corrected chi connectivity index (χ3v) is 11.7. The van der Waals surface area contributed by atoms with Crippen LogP contribution in [0.5, 0.6) is 11.5 Å². The second-order valence-corrected chi connectivity index (χ2v) is 17.5. The molecule has 0 atom stereocenters. The summed E-state index contributed by atoms with van der Waals surface area (Å²) in [6.07, 6.45) is 6.72. The van der Waals surface area contributed by atoms with Crippen molar-refractivity contribution in [2.75, 3.05) is 10.9 Å². The van der Waals surface area contributed by atoms with Gasteiger partial charge in [0.25, 0.3) is 40.5 Å². The number of anilines is 2. The Bertz CT molecular complexity index is 3000. The van der Waals surface area contributed by atoms with Crippen molar-refractivity contribution in [2.24, 2.45) is 10.2 Å². The molecule has 0 saturated heterocycles. The molecule has 25 heteroatoms. The zero-order valence-electron chi connectivity index (χ0n) is 29.8. The largest absolute Gasteiger partial charge is 1.00 e. The van der Waals surface area contributed by atoms with Crippen LogP contribution in [0.15, 0.2) is 115 Å². The summed E-state index contributed by atoms with van der Waals surface area (Å²) in [6.45, 7) is 0. The molecule has 2 aromatic heterocycles. The van der Waals surface area contributed by atoms with E-state index in [2.05, 4.69) is 31.0 Å². The van der Waals surface area contributed by atoms with Crippen LogP contribution in [0.3, 0.4) is 0 Å². The molecule has 0 amide bonds. The number of hydrogen-bond acceptors (Lipinski definition) is 16. The van der Waals surface area contributed by atoms with Gasteiger partial charge in [0.15, 0.2) is 11.5 Å². The SMILES string of the molecule is O=S(=O)(O)c1cc(N/N=C/c2cc(S(=O)(=O)O)c3cccnc3c2O)ccc1/C=C/c1ccc(N/N=C/c2cc(S(=O)(=O)O)c3cccnc3c2O)cc1S(=O)(=O)O.[Na+]. The molecule has 20 nitrogen and oxygen atoms in total. The first kappa shape index (κ1) is 44.7. The zero-order chi connectivity index (χ0) is 42.2. The van der Waals surface area contributed by atoms with Gasteiger partial charge in [-0.3, -0.25) is 39.0 Å². The second-order valence-electron chi connectivity index (χ2n) is 11.9. The van der Waals surface area contributed by atoms with Gasteiger partial charge in [0, 0.05) is 34.3 Å². The molecule has 0 radical (unpaired) electrons. The fraction of sp³-hybridized carbons (Fsp3) is 0. The molecule has 0 aliphatic rings. The van der Waals surface area contributed by atoms with Gasteiger partial charge in [-0.05, 0) is 71.8 Å². The summed E-state index contributed by atoms with van der Waals surface area (Å²) in [7, 11) is -19.4. The van der Waals surface area contributed by atoms with Crippen LogP contribution in [0.4, 0.5) is 11.4 Å². The normalized spacial score (nSPS) is 12.7. The number of pyridine rings is 2. The van der Waals surface area contributed by atoms with Crippen molar-refractivity contribution >= 4 is 98.2 Å². The van der Waals surface area contributed by atoms with E-state index in [0.717, 1.165) is 48.8 Å². The summed E-state index contributed by atoms with van der Waals surface area (Å²) in [5.41, 5.74) is 3.84. The van der Waals surface area contributed by atoms with E-state index in [4.69, 9.17) is 0 Å². The molecule has 6 aromatic rings. The summed E-state index contributed by atoms with van der Waals surface area (Å²) in [5.74, 6) is -0.964. The molecule has 0 aliphatic carbocycles. The van der Waals surface area contributed by atoms with E-state index in [1.54, 1.807) is 0 Å². The molecule has 0 unspecified atom stereocenters. The predicted octanol–water partition coefficient (Wildman–Crippen LogP) is 1.25. The summed E-state index contributed by atoms with van der Waals surface area (Å²) in [6, 6.07) is 14.2. The van der Waals surface area contributed by atoms with Crippen LogP contribution >= 0.6 is 0 Å². The first-order chi connectivity index (χ1) is 27.1. The number of phenols is 2. The van der Waals surface area contributed by atoms with Crippen molar-refractivity contribution in [3.8, 4) is 11.5 Å². The van der Waals surface area contributed by atoms with Gasteiger partial charge in [0.05, 0.1) is 23.8 Å². The molecule has 4 aromatic carbocycles. The minimum atomic E-state index is -4.94. The Morgan fingerprint density at radius 1 is 0.492 bits per heavy atom. The van der Waals surface area contributed by atoms with Gasteiger partial charge < -0.3 is 10.2 Å². The molecule has 0 aliphatic heterocycles. The molecule has 0 saturated carbocycles. The van der Waals surface area contributed by atoms with Crippen molar-refractivity contribution in [3.05, 3.63) is 107 Å². The Morgan fingerprint density at radius 3 is 1.19 bits per heavy atom. The average Bonchev–Trinajstić information content (AvgIpc) is 3.14. The van der Waals surface area contributed by atoms with E-state index in [0.29, 0.717) is 0 Å². The second kappa shape index (κ2) is 17.1. The Kier molecular flexibility index (Phi) is 12.9. The van der Waals surface area contributed by atoms with Gasteiger partial charge in [0.1, 0.15) is 30.6 Å². The van der Waals surface area contributed by atoms with E-state index in [1.165, 1.54) is 60.9 Å². The van der Waals surface area contributed by atoms with Crippen LogP contribution in [-0.2, 0) is 40.5 Å². The summed E-state index contributed by atoms with van der Waals surface area (Å²) in [4.78, 5) is 5.39. The topological polar surface area (TPSA) is 332 Å². The molecule has 0 fully saturated rings. The molecule has 0 bridgehead atoms. The number of aromatic nitrogens is 2. The molecule has 59 heavy (non-hydrogen) atoms. The number of nitrogens with one attached hydrogen (secondary N) is 2. The quantitative estimate of drug-likeness (QED) is 0.0282. The maximum absolute atomic E-state index is 12.4. The Hall–Kier alpha value is -5.38. The van der Waals surface area contributed by atoms with Crippen molar-refractivity contribution < 1.29 is 91.7 Å². The number of fused-ring (bicyclic) bond motifs is 2. The van der Waals surface area contributed by atoms with Crippen LogP contribution in [-0.4, -0.2) is 84.5 Å². The van der Waals surface area contributed by atoms with E-state index < -0.39 is 71.6 Å². The maximum atomic E-state index is 12.4. The average molecular weight is 894 g/mol. The predicted molar refractivity (Wildman–Crippen MR) is 210 cm³/mol. The molecule has 8 N–H and O–H groups in total. The Labute approximate surface area is 357 Å². The van der Waals surface area contributed by atoms with E-state index in [1.807, 2.05) is 0 Å². The van der Waals surface area contributed by atoms with Crippen molar-refractivity contribution in [1.29, 1.82) is 0 Å². The van der Waals surface area contributed by atoms with Crippen molar-refractivity contribution in [1.82, 2.24) is 9.97 Å². The minimum Gasteiger partial charge on any atom is -0.505 e. The summed E-state index contributed by atoms with van der Waals surface area (Å²) < 4.78 is 137. The number of rotatable bonds is 12. The smallest absolute Gasteiger partial charge is 0.505 e. The third-order valence-electron chi connectivity index (χ3n) is 8.09. The monoisotopic (exact) mass is 893 g/mol. The first-order valence-electron chi connectivity index (χ1n) is 15.8. The minimum absolute atomic E-state index is 0. The number of hydrazone groups is 2. The fourth-order valence-corrected chi connectivity index (χ4v) is 8.38. The number of aromatic hydroxyl groups is 2.